The minimum atomic E-state index is -0.599. The highest BCUT2D eigenvalue weighted by Gasteiger charge is 2.18. The Balaban J connectivity index is 1.94. The molecule has 0 amide bonds. The summed E-state index contributed by atoms with van der Waals surface area (Å²) < 4.78 is 5.36. The van der Waals surface area contributed by atoms with Crippen LogP contribution in [0.2, 0.25) is 0 Å². The smallest absolute Gasteiger partial charge is 0.349 e. The molecule has 2 heterocycles. The molecule has 110 valence electrons. The molecule has 9 heteroatoms. The van der Waals surface area contributed by atoms with Gasteiger partial charge in [0.05, 0.1) is 11.5 Å². The number of nitrogen functional groups attached to an aromatic ring is 1. The molecule has 0 unspecified atom stereocenters. The van der Waals surface area contributed by atoms with Gasteiger partial charge in [-0.05, 0) is 30.5 Å². The molecule has 2 rings (SSSR count). The molecule has 3 N–H and O–H groups in total. The number of hydrazine groups is 1. The lowest BCUT2D eigenvalue weighted by Crippen LogP contribution is -2.12. The number of nitrogens with two attached hydrogens (primary N) is 1. The Labute approximate surface area is 120 Å². The molecule has 0 saturated carbocycles. The van der Waals surface area contributed by atoms with Gasteiger partial charge in [-0.15, -0.1) is 0 Å². The van der Waals surface area contributed by atoms with Crippen LogP contribution in [0.5, 0.6) is 5.88 Å². The fourth-order valence-electron chi connectivity index (χ4n) is 1.66. The highest BCUT2D eigenvalue weighted by Crippen LogP contribution is 2.24. The summed E-state index contributed by atoms with van der Waals surface area (Å²) in [6, 6.07) is 3.81. The third kappa shape index (κ3) is 4.08. The number of anilines is 1. The van der Waals surface area contributed by atoms with E-state index in [4.69, 9.17) is 10.6 Å². The largest absolute Gasteiger partial charge is 0.473 e. The molecule has 21 heavy (non-hydrogen) atoms. The van der Waals surface area contributed by atoms with E-state index in [0.717, 1.165) is 18.2 Å². The van der Waals surface area contributed by atoms with E-state index in [1.165, 1.54) is 0 Å². The first-order chi connectivity index (χ1) is 10.2. The van der Waals surface area contributed by atoms with Crippen LogP contribution < -0.4 is 16.0 Å². The van der Waals surface area contributed by atoms with Crippen molar-refractivity contribution in [2.45, 2.75) is 12.8 Å². The van der Waals surface area contributed by atoms with Crippen LogP contribution in [0, 0.1) is 10.1 Å². The highest BCUT2D eigenvalue weighted by molar-refractivity contribution is 5.42. The van der Waals surface area contributed by atoms with Crippen molar-refractivity contribution in [3.05, 3.63) is 46.4 Å². The Bertz CT molecular complexity index is 607. The van der Waals surface area contributed by atoms with Crippen LogP contribution in [0.4, 0.5) is 11.6 Å². The molecule has 0 aliphatic rings. The third-order valence-corrected chi connectivity index (χ3v) is 2.66. The van der Waals surface area contributed by atoms with E-state index in [1.807, 2.05) is 12.1 Å². The standard InChI is InChI=1S/C12H14N6O3/c13-17-12-15-8-10(18(19)20)11(16-12)21-7-1-2-9-3-5-14-6-4-9/h3-6,8H,1-2,7,13H2,(H,15,16,17). The number of hydrogen-bond acceptors (Lipinski definition) is 8. The molecule has 0 atom stereocenters. The molecule has 0 fully saturated rings. The average Bonchev–Trinajstić information content (AvgIpc) is 2.52. The Hall–Kier alpha value is -2.81. The van der Waals surface area contributed by atoms with E-state index in [-0.39, 0.29) is 17.5 Å². The van der Waals surface area contributed by atoms with Crippen molar-refractivity contribution in [2.75, 3.05) is 12.0 Å². The molecule has 0 saturated heterocycles. The Kier molecular flexibility index (Phi) is 4.94. The Morgan fingerprint density at radius 2 is 2.14 bits per heavy atom. The van der Waals surface area contributed by atoms with Gasteiger partial charge in [-0.2, -0.15) is 4.98 Å². The molecule has 9 nitrogen and oxygen atoms in total. The van der Waals surface area contributed by atoms with Gasteiger partial charge < -0.3 is 4.74 Å². The van der Waals surface area contributed by atoms with Crippen LogP contribution >= 0.6 is 0 Å². The van der Waals surface area contributed by atoms with Gasteiger partial charge >= 0.3 is 5.69 Å². The van der Waals surface area contributed by atoms with E-state index in [0.29, 0.717) is 13.0 Å². The fourth-order valence-corrected chi connectivity index (χ4v) is 1.66. The Morgan fingerprint density at radius 3 is 2.81 bits per heavy atom. The molecule has 0 aromatic carbocycles. The predicted molar refractivity (Wildman–Crippen MR) is 74.5 cm³/mol. The lowest BCUT2D eigenvalue weighted by Gasteiger charge is -2.07. The van der Waals surface area contributed by atoms with E-state index in [1.54, 1.807) is 12.4 Å². The van der Waals surface area contributed by atoms with Gasteiger partial charge in [-0.3, -0.25) is 20.5 Å². The number of aryl methyl sites for hydroxylation is 1. The average molecular weight is 290 g/mol. The van der Waals surface area contributed by atoms with E-state index in [2.05, 4.69) is 20.4 Å². The molecule has 2 aromatic rings. The number of nitro groups is 1. The van der Waals surface area contributed by atoms with Crippen molar-refractivity contribution in [3.63, 3.8) is 0 Å². The third-order valence-electron chi connectivity index (χ3n) is 2.66. The van der Waals surface area contributed by atoms with Crippen molar-refractivity contribution in [2.24, 2.45) is 5.84 Å². The van der Waals surface area contributed by atoms with Gasteiger partial charge in [0.15, 0.2) is 0 Å². The van der Waals surface area contributed by atoms with Gasteiger partial charge in [0.1, 0.15) is 6.20 Å². The first kappa shape index (κ1) is 14.6. The summed E-state index contributed by atoms with van der Waals surface area (Å²) in [6.45, 7) is 0.296. The number of hydrogen-bond donors (Lipinski definition) is 2. The zero-order valence-corrected chi connectivity index (χ0v) is 11.1. The number of pyridine rings is 1. The van der Waals surface area contributed by atoms with Crippen LogP contribution in [0.15, 0.2) is 30.7 Å². The topological polar surface area (TPSA) is 129 Å². The van der Waals surface area contributed by atoms with Crippen LogP contribution in [-0.2, 0) is 6.42 Å². The monoisotopic (exact) mass is 290 g/mol. The van der Waals surface area contributed by atoms with E-state index < -0.39 is 4.92 Å². The second kappa shape index (κ2) is 7.10. The molecule has 0 spiro atoms. The molecule has 0 radical (unpaired) electrons. The normalized spacial score (nSPS) is 10.1. The molecule has 0 bridgehead atoms. The van der Waals surface area contributed by atoms with E-state index in [9.17, 15) is 10.1 Å². The van der Waals surface area contributed by atoms with Gasteiger partial charge in [-0.1, -0.05) is 0 Å². The van der Waals surface area contributed by atoms with Gasteiger partial charge in [-0.25, -0.2) is 10.8 Å². The zero-order valence-electron chi connectivity index (χ0n) is 11.1. The number of nitrogens with one attached hydrogen (secondary N) is 1. The summed E-state index contributed by atoms with van der Waals surface area (Å²) in [7, 11) is 0. The van der Waals surface area contributed by atoms with Crippen LogP contribution in [-0.4, -0.2) is 26.5 Å². The van der Waals surface area contributed by atoms with Crippen molar-refractivity contribution < 1.29 is 9.66 Å². The maximum Gasteiger partial charge on any atom is 0.349 e. The summed E-state index contributed by atoms with van der Waals surface area (Å²) in [5.74, 6) is 5.13. The van der Waals surface area contributed by atoms with Crippen molar-refractivity contribution >= 4 is 11.6 Å². The summed E-state index contributed by atoms with van der Waals surface area (Å²) in [5, 5.41) is 10.9. The molecule has 0 aliphatic carbocycles. The highest BCUT2D eigenvalue weighted by atomic mass is 16.6. The quantitative estimate of drug-likeness (QED) is 0.335. The van der Waals surface area contributed by atoms with Crippen LogP contribution in [0.1, 0.15) is 12.0 Å². The van der Waals surface area contributed by atoms with Crippen molar-refractivity contribution in [1.29, 1.82) is 0 Å². The second-order valence-corrected chi connectivity index (χ2v) is 4.09. The van der Waals surface area contributed by atoms with E-state index >= 15 is 0 Å². The second-order valence-electron chi connectivity index (χ2n) is 4.09. The maximum atomic E-state index is 10.9. The zero-order chi connectivity index (χ0) is 15.1. The first-order valence-electron chi connectivity index (χ1n) is 6.20. The van der Waals surface area contributed by atoms with Gasteiger partial charge in [0.2, 0.25) is 5.95 Å². The number of rotatable bonds is 7. The molecule has 0 aliphatic heterocycles. The lowest BCUT2D eigenvalue weighted by atomic mass is 10.1. The van der Waals surface area contributed by atoms with Crippen LogP contribution in [0.25, 0.3) is 0 Å². The fraction of sp³-hybridized carbons (Fsp3) is 0.250. The minimum absolute atomic E-state index is 0.0599. The molecule has 2 aromatic heterocycles. The lowest BCUT2D eigenvalue weighted by molar-refractivity contribution is -0.386. The van der Waals surface area contributed by atoms with Gasteiger partial charge in [0.25, 0.3) is 5.88 Å². The first-order valence-corrected chi connectivity index (χ1v) is 6.20. The van der Waals surface area contributed by atoms with Crippen molar-refractivity contribution in [1.82, 2.24) is 15.0 Å². The maximum absolute atomic E-state index is 10.9. The number of nitrogens with zero attached hydrogens (tertiary/aromatic N) is 4. The summed E-state index contributed by atoms with van der Waals surface area (Å²) in [6.07, 6.45) is 5.95. The minimum Gasteiger partial charge on any atom is -0.473 e. The number of aromatic nitrogens is 3. The molecular formula is C12H14N6O3. The Morgan fingerprint density at radius 1 is 1.38 bits per heavy atom. The van der Waals surface area contributed by atoms with Gasteiger partial charge in [0, 0.05) is 12.4 Å². The predicted octanol–water partition coefficient (Wildman–Crippen LogP) is 1.08. The summed E-state index contributed by atoms with van der Waals surface area (Å²) in [5.41, 5.74) is 3.04. The van der Waals surface area contributed by atoms with Crippen LogP contribution in [0.3, 0.4) is 0 Å². The van der Waals surface area contributed by atoms with Crippen molar-refractivity contribution in [3.8, 4) is 5.88 Å². The number of ether oxygens (including phenoxy) is 1. The molecular weight excluding hydrogens is 276 g/mol. The summed E-state index contributed by atoms with van der Waals surface area (Å²) in [4.78, 5) is 21.7. The summed E-state index contributed by atoms with van der Waals surface area (Å²) >= 11 is 0. The SMILES string of the molecule is NNc1ncc([N+](=O)[O-])c(OCCCc2ccncc2)n1.